The second-order valence-corrected chi connectivity index (χ2v) is 7.83. The number of ether oxygens (including phenoxy) is 1. The first-order valence-electron chi connectivity index (χ1n) is 9.25. The molecule has 2 heterocycles. The van der Waals surface area contributed by atoms with E-state index in [1.807, 2.05) is 6.92 Å². The van der Waals surface area contributed by atoms with Crippen molar-refractivity contribution in [3.05, 3.63) is 29.8 Å². The minimum absolute atomic E-state index is 0.00590. The van der Waals surface area contributed by atoms with Crippen LogP contribution < -0.4 is 10.2 Å². The molecule has 0 bridgehead atoms. The molecule has 0 spiro atoms. The predicted octanol–water partition coefficient (Wildman–Crippen LogP) is 1.44. The Labute approximate surface area is 163 Å². The molecule has 3 amide bonds. The summed E-state index contributed by atoms with van der Waals surface area (Å²) in [7, 11) is 1.26. The van der Waals surface area contributed by atoms with Gasteiger partial charge in [0.15, 0.2) is 0 Å². The summed E-state index contributed by atoms with van der Waals surface area (Å²) in [5.41, 5.74) is -0.903. The van der Waals surface area contributed by atoms with Crippen LogP contribution in [-0.2, 0) is 19.1 Å². The van der Waals surface area contributed by atoms with E-state index in [1.165, 1.54) is 7.11 Å². The molecular weight excluding hydrogens is 362 g/mol. The molecule has 1 saturated heterocycles. The number of fused-ring (bicyclic) bond motifs is 3. The van der Waals surface area contributed by atoms with Gasteiger partial charge in [-0.3, -0.25) is 19.3 Å². The Balaban J connectivity index is 1.81. The second kappa shape index (κ2) is 6.92. The van der Waals surface area contributed by atoms with Gasteiger partial charge in [0, 0.05) is 19.4 Å². The SMILES string of the molecule is COC(=O)C(C)(C)NC(=O)CCN1C(=O)c2ccccc2N2C(=O)CCC12C. The Bertz CT molecular complexity index is 850. The van der Waals surface area contributed by atoms with E-state index in [-0.39, 0.29) is 30.7 Å². The number of amides is 3. The smallest absolute Gasteiger partial charge is 0.330 e. The summed E-state index contributed by atoms with van der Waals surface area (Å²) in [6.45, 7) is 5.09. The molecule has 8 heteroatoms. The maximum absolute atomic E-state index is 13.1. The number of methoxy groups -OCH3 is 1. The van der Waals surface area contributed by atoms with Crippen LogP contribution in [0, 0.1) is 0 Å². The molecule has 2 aliphatic rings. The zero-order valence-electron chi connectivity index (χ0n) is 16.6. The Morgan fingerprint density at radius 1 is 1.25 bits per heavy atom. The molecule has 1 N–H and O–H groups in total. The third-order valence-corrected chi connectivity index (χ3v) is 5.46. The first-order valence-corrected chi connectivity index (χ1v) is 9.25. The van der Waals surface area contributed by atoms with Gasteiger partial charge in [-0.2, -0.15) is 0 Å². The molecule has 8 nitrogen and oxygen atoms in total. The summed E-state index contributed by atoms with van der Waals surface area (Å²) < 4.78 is 4.69. The van der Waals surface area contributed by atoms with E-state index in [0.717, 1.165) is 0 Å². The minimum Gasteiger partial charge on any atom is -0.467 e. The van der Waals surface area contributed by atoms with Gasteiger partial charge in [-0.05, 0) is 39.3 Å². The highest BCUT2D eigenvalue weighted by Crippen LogP contribution is 2.43. The highest BCUT2D eigenvalue weighted by molar-refractivity contribution is 6.10. The lowest BCUT2D eigenvalue weighted by molar-refractivity contribution is -0.149. The van der Waals surface area contributed by atoms with Crippen LogP contribution in [0.5, 0.6) is 0 Å². The molecule has 0 saturated carbocycles. The number of carbonyl (C=O) groups excluding carboxylic acids is 4. The van der Waals surface area contributed by atoms with Crippen LogP contribution in [0.1, 0.15) is 50.4 Å². The Kier molecular flexibility index (Phi) is 4.91. The standard InChI is InChI=1S/C20H25N3O5/c1-19(2,18(27)28-4)21-15(24)10-12-22-17(26)13-7-5-6-8-14(13)23-16(25)9-11-20(22,23)3/h5-8H,9-12H2,1-4H3,(H,21,24). The summed E-state index contributed by atoms with van der Waals surface area (Å²) in [5.74, 6) is -1.17. The molecule has 1 aromatic rings. The van der Waals surface area contributed by atoms with E-state index in [4.69, 9.17) is 0 Å². The summed E-state index contributed by atoms with van der Waals surface area (Å²) >= 11 is 0. The van der Waals surface area contributed by atoms with Crippen LogP contribution in [0.3, 0.4) is 0 Å². The Hall–Kier alpha value is -2.90. The normalized spacial score (nSPS) is 21.3. The van der Waals surface area contributed by atoms with E-state index in [1.54, 1.807) is 47.9 Å². The molecule has 0 radical (unpaired) electrons. The fourth-order valence-corrected chi connectivity index (χ4v) is 3.97. The van der Waals surface area contributed by atoms with Gasteiger partial charge in [0.25, 0.3) is 5.91 Å². The van der Waals surface area contributed by atoms with Crippen molar-refractivity contribution in [3.8, 4) is 0 Å². The highest BCUT2D eigenvalue weighted by atomic mass is 16.5. The lowest BCUT2D eigenvalue weighted by Gasteiger charge is -2.48. The molecule has 1 unspecified atom stereocenters. The van der Waals surface area contributed by atoms with Crippen molar-refractivity contribution < 1.29 is 23.9 Å². The molecular formula is C20H25N3O5. The summed E-state index contributed by atoms with van der Waals surface area (Å²) in [6, 6.07) is 7.02. The molecule has 28 heavy (non-hydrogen) atoms. The van der Waals surface area contributed by atoms with Crippen LogP contribution in [0.15, 0.2) is 24.3 Å². The van der Waals surface area contributed by atoms with E-state index in [9.17, 15) is 19.2 Å². The number of anilines is 1. The predicted molar refractivity (Wildman–Crippen MR) is 101 cm³/mol. The van der Waals surface area contributed by atoms with Crippen molar-refractivity contribution in [1.82, 2.24) is 10.2 Å². The van der Waals surface area contributed by atoms with Crippen molar-refractivity contribution in [1.29, 1.82) is 0 Å². The van der Waals surface area contributed by atoms with Gasteiger partial charge in [0.2, 0.25) is 11.8 Å². The topological polar surface area (TPSA) is 96.0 Å². The van der Waals surface area contributed by atoms with Crippen LogP contribution in [0.2, 0.25) is 0 Å². The number of para-hydroxylation sites is 1. The average Bonchev–Trinajstić information content (AvgIpc) is 2.96. The zero-order valence-corrected chi connectivity index (χ0v) is 16.6. The fraction of sp³-hybridized carbons (Fsp3) is 0.500. The van der Waals surface area contributed by atoms with E-state index < -0.39 is 17.2 Å². The fourth-order valence-electron chi connectivity index (χ4n) is 3.97. The van der Waals surface area contributed by atoms with Crippen LogP contribution >= 0.6 is 0 Å². The summed E-state index contributed by atoms with van der Waals surface area (Å²) in [6.07, 6.45) is 0.851. The van der Waals surface area contributed by atoms with Gasteiger partial charge in [-0.25, -0.2) is 4.79 Å². The van der Waals surface area contributed by atoms with E-state index in [2.05, 4.69) is 10.1 Å². The van der Waals surface area contributed by atoms with Gasteiger partial charge in [-0.1, -0.05) is 12.1 Å². The third kappa shape index (κ3) is 3.12. The molecule has 0 aliphatic carbocycles. The first kappa shape index (κ1) is 19.9. The average molecular weight is 387 g/mol. The second-order valence-electron chi connectivity index (χ2n) is 7.83. The molecule has 1 aromatic carbocycles. The van der Waals surface area contributed by atoms with Crippen molar-refractivity contribution in [3.63, 3.8) is 0 Å². The summed E-state index contributed by atoms with van der Waals surface area (Å²) in [4.78, 5) is 53.0. The zero-order chi connectivity index (χ0) is 20.7. The molecule has 1 fully saturated rings. The number of carbonyl (C=O) groups is 4. The lowest BCUT2D eigenvalue weighted by atomic mass is 9.98. The monoisotopic (exact) mass is 387 g/mol. The molecule has 150 valence electrons. The number of hydrogen-bond acceptors (Lipinski definition) is 5. The van der Waals surface area contributed by atoms with Crippen molar-refractivity contribution in [2.24, 2.45) is 0 Å². The van der Waals surface area contributed by atoms with Gasteiger partial charge in [0.05, 0.1) is 18.4 Å². The van der Waals surface area contributed by atoms with Gasteiger partial charge in [0.1, 0.15) is 11.2 Å². The number of rotatable bonds is 5. The molecule has 2 aliphatic heterocycles. The number of hydrogen-bond donors (Lipinski definition) is 1. The molecule has 0 aromatic heterocycles. The van der Waals surface area contributed by atoms with Crippen molar-refractivity contribution in [2.45, 2.75) is 51.2 Å². The van der Waals surface area contributed by atoms with E-state index >= 15 is 0 Å². The lowest BCUT2D eigenvalue weighted by Crippen LogP contribution is -2.62. The van der Waals surface area contributed by atoms with E-state index in [0.29, 0.717) is 24.1 Å². The van der Waals surface area contributed by atoms with Crippen molar-refractivity contribution in [2.75, 3.05) is 18.6 Å². The van der Waals surface area contributed by atoms with Crippen molar-refractivity contribution >= 4 is 29.4 Å². The summed E-state index contributed by atoms with van der Waals surface area (Å²) in [5, 5.41) is 2.63. The van der Waals surface area contributed by atoms with Gasteiger partial charge < -0.3 is 15.0 Å². The number of nitrogens with one attached hydrogen (secondary N) is 1. The molecule has 1 atom stereocenters. The third-order valence-electron chi connectivity index (χ3n) is 5.46. The Morgan fingerprint density at radius 2 is 1.93 bits per heavy atom. The van der Waals surface area contributed by atoms with Crippen LogP contribution in [-0.4, -0.2) is 53.4 Å². The first-order chi connectivity index (χ1) is 13.1. The van der Waals surface area contributed by atoms with Crippen LogP contribution in [0.25, 0.3) is 0 Å². The minimum atomic E-state index is -1.16. The van der Waals surface area contributed by atoms with Gasteiger partial charge >= 0.3 is 5.97 Å². The van der Waals surface area contributed by atoms with Crippen LogP contribution in [0.4, 0.5) is 5.69 Å². The van der Waals surface area contributed by atoms with Gasteiger partial charge in [-0.15, -0.1) is 0 Å². The molecule has 3 rings (SSSR count). The quantitative estimate of drug-likeness (QED) is 0.772. The number of nitrogens with zero attached hydrogens (tertiary/aromatic N) is 2. The number of benzene rings is 1. The largest absolute Gasteiger partial charge is 0.467 e. The highest BCUT2D eigenvalue weighted by Gasteiger charge is 2.52. The maximum atomic E-state index is 13.1. The number of esters is 1. The maximum Gasteiger partial charge on any atom is 0.330 e. The Morgan fingerprint density at radius 3 is 2.61 bits per heavy atom.